The van der Waals surface area contributed by atoms with Gasteiger partial charge in [-0.2, -0.15) is 0 Å². The van der Waals surface area contributed by atoms with E-state index in [1.165, 1.54) is 29.5 Å². The molecule has 0 N–H and O–H groups in total. The predicted octanol–water partition coefficient (Wildman–Crippen LogP) is 4.37. The van der Waals surface area contributed by atoms with Crippen LogP contribution in [0.4, 0.5) is 4.39 Å². The van der Waals surface area contributed by atoms with Gasteiger partial charge in [-0.3, -0.25) is 0 Å². The Balaban J connectivity index is 1.64. The molecule has 0 fully saturated rings. The highest BCUT2D eigenvalue weighted by atomic mass is 32.1. The third kappa shape index (κ3) is 3.34. The minimum atomic E-state index is -0.555. The molecule has 2 aromatic heterocycles. The molecular weight excluding hydrogens is 309 g/mol. The van der Waals surface area contributed by atoms with Gasteiger partial charge in [0.25, 0.3) is 0 Å². The Kier molecular flexibility index (Phi) is 4.08. The summed E-state index contributed by atoms with van der Waals surface area (Å²) in [4.78, 5) is 17.3. The lowest BCUT2D eigenvalue weighted by Crippen LogP contribution is -2.05. The highest BCUT2D eigenvalue weighted by Gasteiger charge is 2.10. The smallest absolute Gasteiger partial charge is 0.338 e. The summed E-state index contributed by atoms with van der Waals surface area (Å²) in [6.45, 7) is 0.0806. The van der Waals surface area contributed by atoms with Crippen LogP contribution in [0.15, 0.2) is 47.2 Å². The Morgan fingerprint density at radius 1 is 1.24 bits per heavy atom. The first-order chi connectivity index (χ1) is 10.2. The summed E-state index contributed by atoms with van der Waals surface area (Å²) < 4.78 is 18.2. The third-order valence-electron chi connectivity index (χ3n) is 2.70. The number of nitrogens with zero attached hydrogens (tertiary/aromatic N) is 1. The number of aromatic nitrogens is 1. The molecule has 3 rings (SSSR count). The second-order valence-corrected chi connectivity index (χ2v) is 6.01. The summed E-state index contributed by atoms with van der Waals surface area (Å²) in [7, 11) is 0. The highest BCUT2D eigenvalue weighted by molar-refractivity contribution is 7.20. The fraction of sp³-hybridized carbons (Fsp3) is 0.0667. The van der Waals surface area contributed by atoms with Crippen LogP contribution in [0.25, 0.3) is 9.88 Å². The number of halogens is 1. The Labute approximate surface area is 128 Å². The number of ether oxygens (including phenoxy) is 1. The van der Waals surface area contributed by atoms with Crippen molar-refractivity contribution in [2.45, 2.75) is 6.61 Å². The summed E-state index contributed by atoms with van der Waals surface area (Å²) in [6, 6.07) is 9.38. The van der Waals surface area contributed by atoms with Gasteiger partial charge < -0.3 is 4.74 Å². The maximum atomic E-state index is 13.0. The van der Waals surface area contributed by atoms with E-state index in [9.17, 15) is 9.18 Å². The van der Waals surface area contributed by atoms with Crippen molar-refractivity contribution < 1.29 is 13.9 Å². The normalized spacial score (nSPS) is 10.5. The summed E-state index contributed by atoms with van der Waals surface area (Å²) in [5, 5.41) is 4.75. The second kappa shape index (κ2) is 6.15. The zero-order valence-electron chi connectivity index (χ0n) is 10.8. The average molecular weight is 319 g/mol. The van der Waals surface area contributed by atoms with Crippen molar-refractivity contribution in [3.63, 3.8) is 0 Å². The van der Waals surface area contributed by atoms with Gasteiger partial charge in [0.2, 0.25) is 0 Å². The van der Waals surface area contributed by atoms with Crippen molar-refractivity contribution >= 4 is 28.6 Å². The van der Waals surface area contributed by atoms with E-state index in [1.807, 2.05) is 22.9 Å². The Morgan fingerprint density at radius 3 is 2.90 bits per heavy atom. The van der Waals surface area contributed by atoms with Crippen LogP contribution in [-0.4, -0.2) is 11.0 Å². The number of thiazole rings is 1. The van der Waals surface area contributed by atoms with E-state index in [0.29, 0.717) is 5.69 Å². The fourth-order valence-corrected chi connectivity index (χ4v) is 3.34. The molecule has 21 heavy (non-hydrogen) atoms. The van der Waals surface area contributed by atoms with Gasteiger partial charge in [-0.05, 0) is 29.6 Å². The minimum Gasteiger partial charge on any atom is -0.456 e. The Bertz CT molecular complexity index is 753. The van der Waals surface area contributed by atoms with Crippen LogP contribution in [0.1, 0.15) is 16.1 Å². The molecule has 0 unspecified atom stereocenters. The van der Waals surface area contributed by atoms with Gasteiger partial charge in [-0.1, -0.05) is 12.1 Å². The van der Waals surface area contributed by atoms with Crippen molar-refractivity contribution in [3.05, 3.63) is 64.2 Å². The number of rotatable bonds is 4. The first-order valence-corrected chi connectivity index (χ1v) is 7.89. The second-order valence-electron chi connectivity index (χ2n) is 4.21. The fourth-order valence-electron chi connectivity index (χ4n) is 1.72. The molecule has 0 atom stereocenters. The van der Waals surface area contributed by atoms with Crippen LogP contribution < -0.4 is 0 Å². The number of benzene rings is 1. The van der Waals surface area contributed by atoms with Gasteiger partial charge in [-0.15, -0.1) is 22.7 Å². The maximum Gasteiger partial charge on any atom is 0.338 e. The standard InChI is InChI=1S/C15H10FNO2S2/c16-11-4-1-3-10(7-11)15(18)19-8-12-9-21-14(17-12)13-5-2-6-20-13/h1-7,9H,8H2. The third-order valence-corrected chi connectivity index (χ3v) is 4.63. The summed E-state index contributed by atoms with van der Waals surface area (Å²) >= 11 is 3.12. The number of carbonyl (C=O) groups is 1. The molecular formula is C15H10FNO2S2. The van der Waals surface area contributed by atoms with E-state index in [2.05, 4.69) is 4.98 Å². The molecule has 3 nitrogen and oxygen atoms in total. The highest BCUT2D eigenvalue weighted by Crippen LogP contribution is 2.28. The quantitative estimate of drug-likeness (QED) is 0.670. The van der Waals surface area contributed by atoms with Crippen LogP contribution in [0, 0.1) is 5.82 Å². The van der Waals surface area contributed by atoms with Crippen molar-refractivity contribution in [3.8, 4) is 9.88 Å². The lowest BCUT2D eigenvalue weighted by Gasteiger charge is -2.02. The zero-order valence-corrected chi connectivity index (χ0v) is 12.4. The number of hydrogen-bond acceptors (Lipinski definition) is 5. The summed E-state index contributed by atoms with van der Waals surface area (Å²) in [6.07, 6.45) is 0. The van der Waals surface area contributed by atoms with Gasteiger partial charge in [0, 0.05) is 5.38 Å². The molecule has 0 spiro atoms. The molecule has 2 heterocycles. The number of esters is 1. The predicted molar refractivity (Wildman–Crippen MR) is 80.9 cm³/mol. The van der Waals surface area contributed by atoms with Gasteiger partial charge in [0.05, 0.1) is 16.1 Å². The number of hydrogen-bond donors (Lipinski definition) is 0. The molecule has 0 radical (unpaired) electrons. The molecule has 6 heteroatoms. The molecule has 0 aliphatic carbocycles. The lowest BCUT2D eigenvalue weighted by atomic mass is 10.2. The molecule has 0 saturated carbocycles. The molecule has 106 valence electrons. The van der Waals surface area contributed by atoms with Gasteiger partial charge in [0.15, 0.2) is 0 Å². The Hall–Kier alpha value is -2.05. The SMILES string of the molecule is O=C(OCc1csc(-c2cccs2)n1)c1cccc(F)c1. The number of thiophene rings is 1. The largest absolute Gasteiger partial charge is 0.456 e. The Morgan fingerprint density at radius 2 is 2.14 bits per heavy atom. The van der Waals surface area contributed by atoms with Gasteiger partial charge in [-0.25, -0.2) is 14.2 Å². The monoisotopic (exact) mass is 319 g/mol. The average Bonchev–Trinajstić information content (AvgIpc) is 3.15. The maximum absolute atomic E-state index is 13.0. The first kappa shape index (κ1) is 13.9. The molecule has 3 aromatic rings. The van der Waals surface area contributed by atoms with Crippen LogP contribution in [0.3, 0.4) is 0 Å². The zero-order chi connectivity index (χ0) is 14.7. The van der Waals surface area contributed by atoms with Crippen LogP contribution in [0.2, 0.25) is 0 Å². The molecule has 0 aliphatic rings. The van der Waals surface area contributed by atoms with E-state index in [1.54, 1.807) is 11.3 Å². The summed E-state index contributed by atoms with van der Waals surface area (Å²) in [5.41, 5.74) is 0.886. The van der Waals surface area contributed by atoms with E-state index in [4.69, 9.17) is 4.74 Å². The van der Waals surface area contributed by atoms with Crippen molar-refractivity contribution in [2.75, 3.05) is 0 Å². The number of carbonyl (C=O) groups excluding carboxylic acids is 1. The molecule has 0 aliphatic heterocycles. The van der Waals surface area contributed by atoms with E-state index in [-0.39, 0.29) is 12.2 Å². The summed E-state index contributed by atoms with van der Waals surface area (Å²) in [5.74, 6) is -1.02. The van der Waals surface area contributed by atoms with Gasteiger partial charge in [0.1, 0.15) is 17.4 Å². The van der Waals surface area contributed by atoms with Crippen molar-refractivity contribution in [1.82, 2.24) is 4.98 Å². The topological polar surface area (TPSA) is 39.2 Å². The molecule has 0 saturated heterocycles. The molecule has 1 aromatic carbocycles. The van der Waals surface area contributed by atoms with Crippen LogP contribution >= 0.6 is 22.7 Å². The van der Waals surface area contributed by atoms with E-state index in [0.717, 1.165) is 16.0 Å². The van der Waals surface area contributed by atoms with Gasteiger partial charge >= 0.3 is 5.97 Å². The van der Waals surface area contributed by atoms with E-state index >= 15 is 0 Å². The van der Waals surface area contributed by atoms with Crippen LogP contribution in [-0.2, 0) is 11.3 Å². The minimum absolute atomic E-state index is 0.0806. The first-order valence-electron chi connectivity index (χ1n) is 6.13. The van der Waals surface area contributed by atoms with Crippen molar-refractivity contribution in [2.24, 2.45) is 0 Å². The molecule has 0 amide bonds. The van der Waals surface area contributed by atoms with E-state index < -0.39 is 11.8 Å². The van der Waals surface area contributed by atoms with Crippen LogP contribution in [0.5, 0.6) is 0 Å². The molecule has 0 bridgehead atoms. The lowest BCUT2D eigenvalue weighted by molar-refractivity contribution is 0.0468. The van der Waals surface area contributed by atoms with Crippen molar-refractivity contribution in [1.29, 1.82) is 0 Å².